The molecule has 0 amide bonds. The third-order valence-corrected chi connectivity index (χ3v) is 4.25. The SMILES string of the molecule is Fc1ccc(Oc2ccc(C3(Cn4ccnc4)OCCCO3)cc2)cc1. The maximum Gasteiger partial charge on any atom is 0.213 e. The van der Waals surface area contributed by atoms with Crippen LogP contribution >= 0.6 is 0 Å². The molecule has 1 fully saturated rings. The maximum atomic E-state index is 13.0. The molecule has 0 saturated carbocycles. The van der Waals surface area contributed by atoms with Gasteiger partial charge in [-0.15, -0.1) is 0 Å². The smallest absolute Gasteiger partial charge is 0.213 e. The lowest BCUT2D eigenvalue weighted by atomic mass is 10.0. The van der Waals surface area contributed by atoms with Crippen molar-refractivity contribution in [3.63, 3.8) is 0 Å². The van der Waals surface area contributed by atoms with E-state index in [-0.39, 0.29) is 5.82 Å². The molecular formula is C20H19FN2O3. The molecule has 1 saturated heterocycles. The van der Waals surface area contributed by atoms with Crippen LogP contribution in [0.15, 0.2) is 67.3 Å². The number of imidazole rings is 1. The van der Waals surface area contributed by atoms with E-state index in [0.717, 1.165) is 12.0 Å². The van der Waals surface area contributed by atoms with Crippen molar-refractivity contribution in [1.29, 1.82) is 0 Å². The first kappa shape index (κ1) is 16.8. The summed E-state index contributed by atoms with van der Waals surface area (Å²) in [6.45, 7) is 1.80. The van der Waals surface area contributed by atoms with Crippen LogP contribution in [0.2, 0.25) is 0 Å². The molecule has 2 heterocycles. The van der Waals surface area contributed by atoms with E-state index in [4.69, 9.17) is 14.2 Å². The third kappa shape index (κ3) is 3.61. The second kappa shape index (κ2) is 7.27. The Morgan fingerprint density at radius 2 is 1.65 bits per heavy atom. The lowest BCUT2D eigenvalue weighted by Crippen LogP contribution is -2.41. The van der Waals surface area contributed by atoms with Crippen LogP contribution in [0.5, 0.6) is 11.5 Å². The van der Waals surface area contributed by atoms with Gasteiger partial charge in [0, 0.05) is 18.0 Å². The number of hydrogen-bond donors (Lipinski definition) is 0. The summed E-state index contributed by atoms with van der Waals surface area (Å²) in [6.07, 6.45) is 6.23. The third-order valence-electron chi connectivity index (χ3n) is 4.25. The predicted molar refractivity (Wildman–Crippen MR) is 93.3 cm³/mol. The Kier molecular flexibility index (Phi) is 4.69. The van der Waals surface area contributed by atoms with Gasteiger partial charge in [0.25, 0.3) is 0 Å². The monoisotopic (exact) mass is 354 g/mol. The van der Waals surface area contributed by atoms with Crippen LogP contribution in [0.4, 0.5) is 4.39 Å². The molecule has 26 heavy (non-hydrogen) atoms. The standard InChI is InChI=1S/C20H19FN2O3/c21-17-4-8-19(9-5-17)26-18-6-2-16(3-7-18)20(24-12-1-13-25-20)14-23-11-10-22-15-23/h2-11,15H,1,12-14H2. The Labute approximate surface area is 151 Å². The van der Waals surface area contributed by atoms with Crippen LogP contribution in [0, 0.1) is 5.82 Å². The Morgan fingerprint density at radius 1 is 1.00 bits per heavy atom. The molecule has 0 unspecified atom stereocenters. The fourth-order valence-electron chi connectivity index (χ4n) is 2.96. The number of benzene rings is 2. The Hall–Kier alpha value is -2.70. The fourth-order valence-corrected chi connectivity index (χ4v) is 2.96. The molecule has 1 aromatic heterocycles. The summed E-state index contributed by atoms with van der Waals surface area (Å²) >= 11 is 0. The molecule has 6 heteroatoms. The highest BCUT2D eigenvalue weighted by molar-refractivity contribution is 5.34. The zero-order valence-electron chi connectivity index (χ0n) is 14.2. The van der Waals surface area contributed by atoms with Gasteiger partial charge in [-0.05, 0) is 55.0 Å². The van der Waals surface area contributed by atoms with Crippen LogP contribution in [0.3, 0.4) is 0 Å². The van der Waals surface area contributed by atoms with Gasteiger partial charge in [0.05, 0.1) is 26.1 Å². The zero-order chi connectivity index (χ0) is 17.8. The molecule has 0 spiro atoms. The molecule has 2 aromatic carbocycles. The highest BCUT2D eigenvalue weighted by Gasteiger charge is 2.37. The van der Waals surface area contributed by atoms with Crippen molar-refractivity contribution >= 4 is 0 Å². The summed E-state index contributed by atoms with van der Waals surface area (Å²) in [5.41, 5.74) is 0.914. The van der Waals surface area contributed by atoms with Gasteiger partial charge in [0.2, 0.25) is 5.79 Å². The molecule has 134 valence electrons. The normalized spacial score (nSPS) is 16.3. The first-order valence-electron chi connectivity index (χ1n) is 8.51. The number of halogens is 1. The van der Waals surface area contributed by atoms with Crippen molar-refractivity contribution in [3.05, 3.63) is 78.6 Å². The summed E-state index contributed by atoms with van der Waals surface area (Å²) in [5.74, 6) is 0.111. The second-order valence-electron chi connectivity index (χ2n) is 6.12. The molecule has 0 bridgehead atoms. The number of ether oxygens (including phenoxy) is 3. The lowest BCUT2D eigenvalue weighted by molar-refractivity contribution is -0.283. The van der Waals surface area contributed by atoms with Gasteiger partial charge < -0.3 is 18.8 Å². The summed E-state index contributed by atoms with van der Waals surface area (Å²) in [5, 5.41) is 0. The molecule has 0 radical (unpaired) electrons. The number of rotatable bonds is 5. The van der Waals surface area contributed by atoms with Gasteiger partial charge in [0.1, 0.15) is 17.3 Å². The summed E-state index contributed by atoms with van der Waals surface area (Å²) in [6, 6.07) is 13.5. The van der Waals surface area contributed by atoms with Crippen LogP contribution in [-0.4, -0.2) is 22.8 Å². The molecule has 0 aliphatic carbocycles. The first-order valence-corrected chi connectivity index (χ1v) is 8.51. The molecule has 0 N–H and O–H groups in total. The van der Waals surface area contributed by atoms with Crippen LogP contribution in [0.1, 0.15) is 12.0 Å². The van der Waals surface area contributed by atoms with E-state index in [2.05, 4.69) is 4.98 Å². The minimum atomic E-state index is -0.840. The van der Waals surface area contributed by atoms with E-state index in [0.29, 0.717) is 31.3 Å². The van der Waals surface area contributed by atoms with E-state index in [1.165, 1.54) is 12.1 Å². The van der Waals surface area contributed by atoms with Gasteiger partial charge in [0.15, 0.2) is 0 Å². The molecule has 3 aromatic rings. The summed E-state index contributed by atoms with van der Waals surface area (Å²) in [7, 11) is 0. The minimum absolute atomic E-state index is 0.291. The van der Waals surface area contributed by atoms with Crippen molar-refractivity contribution in [2.45, 2.75) is 18.8 Å². The van der Waals surface area contributed by atoms with Crippen molar-refractivity contribution in [3.8, 4) is 11.5 Å². The Morgan fingerprint density at radius 3 is 2.27 bits per heavy atom. The highest BCUT2D eigenvalue weighted by atomic mass is 19.1. The molecule has 1 aliphatic heterocycles. The Bertz CT molecular complexity index is 827. The summed E-state index contributed by atoms with van der Waals surface area (Å²) in [4.78, 5) is 4.08. The van der Waals surface area contributed by atoms with Crippen LogP contribution < -0.4 is 4.74 Å². The average molecular weight is 354 g/mol. The zero-order valence-corrected chi connectivity index (χ0v) is 14.2. The van der Waals surface area contributed by atoms with Gasteiger partial charge in [-0.25, -0.2) is 9.37 Å². The van der Waals surface area contributed by atoms with Crippen molar-refractivity contribution < 1.29 is 18.6 Å². The molecule has 5 nitrogen and oxygen atoms in total. The van der Waals surface area contributed by atoms with E-state index < -0.39 is 5.79 Å². The van der Waals surface area contributed by atoms with Crippen molar-refractivity contribution in [1.82, 2.24) is 9.55 Å². The summed E-state index contributed by atoms with van der Waals surface area (Å²) < 4.78 is 32.8. The molecule has 1 aliphatic rings. The minimum Gasteiger partial charge on any atom is -0.457 e. The van der Waals surface area contributed by atoms with Crippen LogP contribution in [-0.2, 0) is 21.8 Å². The topological polar surface area (TPSA) is 45.5 Å². The Balaban J connectivity index is 1.55. The maximum absolute atomic E-state index is 13.0. The van der Waals surface area contributed by atoms with Crippen molar-refractivity contribution in [2.24, 2.45) is 0 Å². The predicted octanol–water partition coefficient (Wildman–Crippen LogP) is 4.10. The fraction of sp³-hybridized carbons (Fsp3) is 0.250. The number of aromatic nitrogens is 2. The van der Waals surface area contributed by atoms with Gasteiger partial charge >= 0.3 is 0 Å². The molecular weight excluding hydrogens is 335 g/mol. The van der Waals surface area contributed by atoms with Gasteiger partial charge in [-0.3, -0.25) is 0 Å². The van der Waals surface area contributed by atoms with E-state index in [9.17, 15) is 4.39 Å². The second-order valence-corrected chi connectivity index (χ2v) is 6.12. The van der Waals surface area contributed by atoms with Gasteiger partial charge in [-0.2, -0.15) is 0 Å². The largest absolute Gasteiger partial charge is 0.457 e. The first-order chi connectivity index (χ1) is 12.7. The average Bonchev–Trinajstić information content (AvgIpc) is 3.18. The van der Waals surface area contributed by atoms with E-state index >= 15 is 0 Å². The quantitative estimate of drug-likeness (QED) is 0.692. The van der Waals surface area contributed by atoms with Crippen molar-refractivity contribution in [2.75, 3.05) is 13.2 Å². The number of nitrogens with zero attached hydrogens (tertiary/aromatic N) is 2. The van der Waals surface area contributed by atoms with Gasteiger partial charge in [-0.1, -0.05) is 0 Å². The van der Waals surface area contributed by atoms with E-state index in [1.807, 2.05) is 35.0 Å². The molecule has 0 atom stereocenters. The lowest BCUT2D eigenvalue weighted by Gasteiger charge is -2.37. The van der Waals surface area contributed by atoms with Crippen LogP contribution in [0.25, 0.3) is 0 Å². The molecule has 4 rings (SSSR count). The van der Waals surface area contributed by atoms with E-state index in [1.54, 1.807) is 24.7 Å². The highest BCUT2D eigenvalue weighted by Crippen LogP contribution is 2.34. The number of hydrogen-bond acceptors (Lipinski definition) is 4.